The van der Waals surface area contributed by atoms with E-state index in [1.54, 1.807) is 0 Å². The molecule has 0 fully saturated rings. The molecule has 76 valence electrons. The molecule has 0 unspecified atom stereocenters. The van der Waals surface area contributed by atoms with Gasteiger partial charge >= 0.3 is 5.97 Å². The molecule has 0 aromatic heterocycles. The van der Waals surface area contributed by atoms with E-state index < -0.39 is 0 Å². The zero-order valence-electron chi connectivity index (χ0n) is 8.54. The first-order chi connectivity index (χ1) is 6.68. The van der Waals surface area contributed by atoms with Crippen LogP contribution < -0.4 is 5.32 Å². The summed E-state index contributed by atoms with van der Waals surface area (Å²) in [5.74, 6) is -0.240. The number of ether oxygens (including phenoxy) is 1. The summed E-state index contributed by atoms with van der Waals surface area (Å²) in [5, 5.41) is 3.16. The summed E-state index contributed by atoms with van der Waals surface area (Å²) in [4.78, 5) is 10.5. The highest BCUT2D eigenvalue weighted by Crippen LogP contribution is 2.08. The van der Waals surface area contributed by atoms with Crippen LogP contribution in [0.3, 0.4) is 0 Å². The van der Waals surface area contributed by atoms with Crippen molar-refractivity contribution in [2.24, 2.45) is 0 Å². The number of benzene rings is 1. The average molecular weight is 193 g/mol. The average Bonchev–Trinajstić information content (AvgIpc) is 2.12. The number of carbonyl (C=O) groups excluding carboxylic acids is 1. The van der Waals surface area contributed by atoms with Crippen molar-refractivity contribution < 1.29 is 9.53 Å². The normalized spacial score (nSPS) is 9.57. The van der Waals surface area contributed by atoms with E-state index in [1.807, 2.05) is 31.2 Å². The maximum atomic E-state index is 10.5. The second-order valence-electron chi connectivity index (χ2n) is 3.14. The number of hydrogen-bond acceptors (Lipinski definition) is 3. The first-order valence-corrected chi connectivity index (χ1v) is 4.62. The van der Waals surface area contributed by atoms with E-state index in [0.29, 0.717) is 13.2 Å². The lowest BCUT2D eigenvalue weighted by molar-refractivity contribution is -0.140. The van der Waals surface area contributed by atoms with Gasteiger partial charge in [-0.15, -0.1) is 0 Å². The zero-order valence-corrected chi connectivity index (χ0v) is 8.54. The molecule has 0 spiro atoms. The summed E-state index contributed by atoms with van der Waals surface area (Å²) in [6, 6.07) is 8.06. The van der Waals surface area contributed by atoms with E-state index in [-0.39, 0.29) is 5.97 Å². The summed E-state index contributed by atoms with van der Waals surface area (Å²) in [6.07, 6.45) is 0. The van der Waals surface area contributed by atoms with Gasteiger partial charge in [-0.2, -0.15) is 0 Å². The van der Waals surface area contributed by atoms with Gasteiger partial charge in [0.05, 0.1) is 0 Å². The minimum Gasteiger partial charge on any atom is -0.464 e. The Morgan fingerprint density at radius 2 is 2.29 bits per heavy atom. The summed E-state index contributed by atoms with van der Waals surface area (Å²) < 4.78 is 4.79. The van der Waals surface area contributed by atoms with Crippen molar-refractivity contribution in [3.63, 3.8) is 0 Å². The first kappa shape index (κ1) is 10.6. The van der Waals surface area contributed by atoms with Gasteiger partial charge in [0, 0.05) is 19.2 Å². The molecule has 14 heavy (non-hydrogen) atoms. The quantitative estimate of drug-likeness (QED) is 0.587. The molecule has 0 bridgehead atoms. The highest BCUT2D eigenvalue weighted by atomic mass is 16.5. The molecule has 1 rings (SSSR count). The van der Waals surface area contributed by atoms with Crippen molar-refractivity contribution in [3.05, 3.63) is 29.8 Å². The Balaban J connectivity index is 2.28. The number of hydrogen-bond donors (Lipinski definition) is 1. The van der Waals surface area contributed by atoms with Crippen LogP contribution in [0.5, 0.6) is 0 Å². The van der Waals surface area contributed by atoms with Crippen molar-refractivity contribution in [2.75, 3.05) is 18.5 Å². The van der Waals surface area contributed by atoms with Crippen LogP contribution in [0.15, 0.2) is 24.3 Å². The molecule has 0 amide bonds. The topological polar surface area (TPSA) is 38.3 Å². The second-order valence-corrected chi connectivity index (χ2v) is 3.14. The third-order valence-corrected chi connectivity index (χ3v) is 1.75. The van der Waals surface area contributed by atoms with Crippen LogP contribution in [0, 0.1) is 6.92 Å². The van der Waals surface area contributed by atoms with Crippen molar-refractivity contribution in [2.45, 2.75) is 13.8 Å². The maximum Gasteiger partial charge on any atom is 0.302 e. The molecule has 0 aliphatic carbocycles. The Kier molecular flexibility index (Phi) is 3.98. The minimum absolute atomic E-state index is 0.240. The standard InChI is InChI=1S/C11H15NO2/c1-9-4-3-5-11(8-9)12-6-7-14-10(2)13/h3-5,8,12H,6-7H2,1-2H3. The number of carbonyl (C=O) groups is 1. The van der Waals surface area contributed by atoms with E-state index in [0.717, 1.165) is 5.69 Å². The van der Waals surface area contributed by atoms with E-state index in [4.69, 9.17) is 4.74 Å². The minimum atomic E-state index is -0.240. The van der Waals surface area contributed by atoms with Gasteiger partial charge < -0.3 is 10.1 Å². The lowest BCUT2D eigenvalue weighted by atomic mass is 10.2. The SMILES string of the molecule is CC(=O)OCCNc1cccc(C)c1. The third kappa shape index (κ3) is 3.94. The maximum absolute atomic E-state index is 10.5. The van der Waals surface area contributed by atoms with E-state index in [9.17, 15) is 4.79 Å². The van der Waals surface area contributed by atoms with Crippen LogP contribution >= 0.6 is 0 Å². The number of rotatable bonds is 4. The van der Waals surface area contributed by atoms with Gasteiger partial charge in [0.15, 0.2) is 0 Å². The predicted octanol–water partition coefficient (Wildman–Crippen LogP) is 1.97. The van der Waals surface area contributed by atoms with Gasteiger partial charge in [0.25, 0.3) is 0 Å². The van der Waals surface area contributed by atoms with Crippen molar-refractivity contribution >= 4 is 11.7 Å². The second kappa shape index (κ2) is 5.27. The monoisotopic (exact) mass is 193 g/mol. The lowest BCUT2D eigenvalue weighted by Crippen LogP contribution is -2.11. The highest BCUT2D eigenvalue weighted by Gasteiger charge is 1.93. The molecular formula is C11H15NO2. The molecule has 0 aliphatic rings. The van der Waals surface area contributed by atoms with E-state index in [2.05, 4.69) is 5.32 Å². The molecule has 1 N–H and O–H groups in total. The molecule has 3 heteroatoms. The fraction of sp³-hybridized carbons (Fsp3) is 0.364. The van der Waals surface area contributed by atoms with Gasteiger partial charge in [0.2, 0.25) is 0 Å². The van der Waals surface area contributed by atoms with Crippen molar-refractivity contribution in [1.82, 2.24) is 0 Å². The fourth-order valence-corrected chi connectivity index (χ4v) is 1.15. The molecule has 3 nitrogen and oxygen atoms in total. The third-order valence-electron chi connectivity index (χ3n) is 1.75. The van der Waals surface area contributed by atoms with E-state index >= 15 is 0 Å². The molecule has 0 radical (unpaired) electrons. The Labute approximate surface area is 84.1 Å². The van der Waals surface area contributed by atoms with E-state index in [1.165, 1.54) is 12.5 Å². The molecule has 0 heterocycles. The molecule has 0 aliphatic heterocycles. The van der Waals surface area contributed by atoms with Crippen LogP contribution in [-0.4, -0.2) is 19.1 Å². The summed E-state index contributed by atoms with van der Waals surface area (Å²) >= 11 is 0. The van der Waals surface area contributed by atoms with Crippen LogP contribution in [0.25, 0.3) is 0 Å². The smallest absolute Gasteiger partial charge is 0.302 e. The van der Waals surface area contributed by atoms with Crippen LogP contribution in [-0.2, 0) is 9.53 Å². The summed E-state index contributed by atoms with van der Waals surface area (Å²) in [5.41, 5.74) is 2.26. The largest absolute Gasteiger partial charge is 0.464 e. The number of anilines is 1. The molecule has 1 aromatic rings. The molecular weight excluding hydrogens is 178 g/mol. The molecule has 0 atom stereocenters. The first-order valence-electron chi connectivity index (χ1n) is 4.62. The fourth-order valence-electron chi connectivity index (χ4n) is 1.15. The summed E-state index contributed by atoms with van der Waals surface area (Å²) in [7, 11) is 0. The van der Waals surface area contributed by atoms with Crippen molar-refractivity contribution in [3.8, 4) is 0 Å². The Bertz CT molecular complexity index is 310. The number of nitrogens with one attached hydrogen (secondary N) is 1. The van der Waals surface area contributed by atoms with Crippen LogP contribution in [0.2, 0.25) is 0 Å². The van der Waals surface area contributed by atoms with Crippen LogP contribution in [0.4, 0.5) is 5.69 Å². The van der Waals surface area contributed by atoms with Gasteiger partial charge in [-0.1, -0.05) is 12.1 Å². The van der Waals surface area contributed by atoms with Gasteiger partial charge in [0.1, 0.15) is 6.61 Å². The molecule has 1 aromatic carbocycles. The van der Waals surface area contributed by atoms with Gasteiger partial charge in [-0.05, 0) is 24.6 Å². The Hall–Kier alpha value is -1.51. The number of esters is 1. The summed E-state index contributed by atoms with van der Waals surface area (Å²) in [6.45, 7) is 4.50. The van der Waals surface area contributed by atoms with Crippen LogP contribution in [0.1, 0.15) is 12.5 Å². The Morgan fingerprint density at radius 3 is 2.93 bits per heavy atom. The molecule has 0 saturated heterocycles. The number of aryl methyl sites for hydroxylation is 1. The van der Waals surface area contributed by atoms with Crippen molar-refractivity contribution in [1.29, 1.82) is 0 Å². The highest BCUT2D eigenvalue weighted by molar-refractivity contribution is 5.65. The zero-order chi connectivity index (χ0) is 10.4. The molecule has 0 saturated carbocycles. The van der Waals surface area contributed by atoms with Gasteiger partial charge in [-0.3, -0.25) is 4.79 Å². The predicted molar refractivity (Wildman–Crippen MR) is 56.3 cm³/mol. The lowest BCUT2D eigenvalue weighted by Gasteiger charge is -2.06. The van der Waals surface area contributed by atoms with Gasteiger partial charge in [-0.25, -0.2) is 0 Å². The Morgan fingerprint density at radius 1 is 1.50 bits per heavy atom.